The Morgan fingerprint density at radius 1 is 1.44 bits per heavy atom. The van der Waals surface area contributed by atoms with E-state index in [0.29, 0.717) is 5.92 Å². The quantitative estimate of drug-likeness (QED) is 0.731. The zero-order chi connectivity index (χ0) is 11.1. The first-order valence-corrected chi connectivity index (χ1v) is 6.69. The Labute approximate surface area is 100.0 Å². The zero-order valence-corrected chi connectivity index (χ0v) is 10.5. The molecule has 1 atom stereocenters. The number of aromatic nitrogens is 2. The summed E-state index contributed by atoms with van der Waals surface area (Å²) in [5.41, 5.74) is 1.41. The minimum atomic E-state index is 0.663. The topological polar surface area (TPSA) is 17.8 Å². The number of hydrogen-bond acceptors (Lipinski definition) is 2. The molecule has 2 aromatic rings. The van der Waals surface area contributed by atoms with E-state index in [-0.39, 0.29) is 0 Å². The number of imidazole rings is 1. The summed E-state index contributed by atoms with van der Waals surface area (Å²) in [5, 5.41) is 0. The van der Waals surface area contributed by atoms with E-state index in [1.54, 1.807) is 0 Å². The Morgan fingerprint density at radius 3 is 3.06 bits per heavy atom. The van der Waals surface area contributed by atoms with E-state index in [9.17, 15) is 0 Å². The van der Waals surface area contributed by atoms with Crippen molar-refractivity contribution < 1.29 is 0 Å². The highest BCUT2D eigenvalue weighted by Crippen LogP contribution is 2.33. The molecule has 1 unspecified atom stereocenters. The third kappa shape index (κ3) is 1.50. The van der Waals surface area contributed by atoms with Crippen LogP contribution in [0.3, 0.4) is 0 Å². The minimum absolute atomic E-state index is 0.663. The predicted molar refractivity (Wildman–Crippen MR) is 67.9 cm³/mol. The van der Waals surface area contributed by atoms with Crippen molar-refractivity contribution in [1.29, 1.82) is 0 Å². The van der Waals surface area contributed by atoms with Crippen molar-refractivity contribution in [3.8, 4) is 10.7 Å². The molecule has 0 saturated heterocycles. The van der Waals surface area contributed by atoms with Crippen LogP contribution in [-0.4, -0.2) is 9.55 Å². The van der Waals surface area contributed by atoms with E-state index >= 15 is 0 Å². The number of nitrogens with zero attached hydrogens (tertiary/aromatic N) is 2. The molecule has 3 rings (SSSR count). The lowest BCUT2D eigenvalue weighted by Gasteiger charge is -2.21. The minimum Gasteiger partial charge on any atom is -0.327 e. The fourth-order valence-electron chi connectivity index (χ4n) is 2.47. The SMILES string of the molecule is Cc1ccc(-c2ncc3n2CCCC3C)s1. The van der Waals surface area contributed by atoms with Gasteiger partial charge in [-0.2, -0.15) is 0 Å². The summed E-state index contributed by atoms with van der Waals surface area (Å²) in [4.78, 5) is 7.27. The molecule has 16 heavy (non-hydrogen) atoms. The summed E-state index contributed by atoms with van der Waals surface area (Å²) < 4.78 is 2.40. The second-order valence-electron chi connectivity index (χ2n) is 4.61. The third-order valence-electron chi connectivity index (χ3n) is 3.37. The van der Waals surface area contributed by atoms with Crippen LogP contribution in [-0.2, 0) is 6.54 Å². The molecular formula is C13H16N2S. The van der Waals surface area contributed by atoms with Gasteiger partial charge in [0.2, 0.25) is 0 Å². The average molecular weight is 232 g/mol. The maximum atomic E-state index is 4.61. The molecule has 2 aromatic heterocycles. The number of aryl methyl sites for hydroxylation is 1. The van der Waals surface area contributed by atoms with Crippen molar-refractivity contribution in [1.82, 2.24) is 9.55 Å². The standard InChI is InChI=1S/C13H16N2S/c1-9-4-3-7-15-11(9)8-14-13(15)12-6-5-10(2)16-12/h5-6,8-9H,3-4,7H2,1-2H3. The average Bonchev–Trinajstić information content (AvgIpc) is 2.84. The first-order chi connectivity index (χ1) is 7.75. The number of thiophene rings is 1. The van der Waals surface area contributed by atoms with Gasteiger partial charge in [-0.25, -0.2) is 4.98 Å². The van der Waals surface area contributed by atoms with Crippen LogP contribution >= 0.6 is 11.3 Å². The molecule has 0 aromatic carbocycles. The van der Waals surface area contributed by atoms with E-state index < -0.39 is 0 Å². The molecule has 84 valence electrons. The van der Waals surface area contributed by atoms with Gasteiger partial charge in [0.15, 0.2) is 0 Å². The van der Waals surface area contributed by atoms with Crippen LogP contribution in [0.2, 0.25) is 0 Å². The normalized spacial score (nSPS) is 19.8. The molecule has 1 aliphatic heterocycles. The molecule has 3 heteroatoms. The Morgan fingerprint density at radius 2 is 2.31 bits per heavy atom. The van der Waals surface area contributed by atoms with Crippen LogP contribution < -0.4 is 0 Å². The summed E-state index contributed by atoms with van der Waals surface area (Å²) in [7, 11) is 0. The van der Waals surface area contributed by atoms with Crippen molar-refractivity contribution >= 4 is 11.3 Å². The van der Waals surface area contributed by atoms with Crippen LogP contribution in [0, 0.1) is 6.92 Å². The van der Waals surface area contributed by atoms with Gasteiger partial charge in [0.25, 0.3) is 0 Å². The molecule has 0 spiro atoms. The van der Waals surface area contributed by atoms with E-state index in [1.165, 1.54) is 34.1 Å². The van der Waals surface area contributed by atoms with Crippen molar-refractivity contribution in [2.45, 2.75) is 39.2 Å². The summed E-state index contributed by atoms with van der Waals surface area (Å²) in [5.74, 6) is 1.83. The molecule has 0 radical (unpaired) electrons. The van der Waals surface area contributed by atoms with Gasteiger partial charge in [-0.15, -0.1) is 11.3 Å². The van der Waals surface area contributed by atoms with Gasteiger partial charge in [0.1, 0.15) is 5.82 Å². The van der Waals surface area contributed by atoms with Crippen LogP contribution in [0.25, 0.3) is 10.7 Å². The lowest BCUT2D eigenvalue weighted by atomic mass is 9.99. The van der Waals surface area contributed by atoms with Crippen molar-refractivity contribution in [2.75, 3.05) is 0 Å². The van der Waals surface area contributed by atoms with Crippen molar-refractivity contribution in [3.63, 3.8) is 0 Å². The van der Waals surface area contributed by atoms with E-state index in [2.05, 4.69) is 41.7 Å². The van der Waals surface area contributed by atoms with Gasteiger partial charge in [-0.3, -0.25) is 0 Å². The number of hydrogen-bond donors (Lipinski definition) is 0. The fraction of sp³-hybridized carbons (Fsp3) is 0.462. The number of rotatable bonds is 1. The molecule has 1 aliphatic rings. The Balaban J connectivity index is 2.09. The third-order valence-corrected chi connectivity index (χ3v) is 4.37. The predicted octanol–water partition coefficient (Wildman–Crippen LogP) is 3.82. The van der Waals surface area contributed by atoms with E-state index in [4.69, 9.17) is 0 Å². The van der Waals surface area contributed by atoms with Crippen molar-refractivity contribution in [3.05, 3.63) is 28.9 Å². The zero-order valence-electron chi connectivity index (χ0n) is 9.73. The maximum absolute atomic E-state index is 4.61. The molecule has 2 nitrogen and oxygen atoms in total. The largest absolute Gasteiger partial charge is 0.327 e. The van der Waals surface area contributed by atoms with Gasteiger partial charge in [-0.1, -0.05) is 6.92 Å². The van der Waals surface area contributed by atoms with Gasteiger partial charge in [0.05, 0.1) is 4.88 Å². The summed E-state index contributed by atoms with van der Waals surface area (Å²) in [6.45, 7) is 5.58. The van der Waals surface area contributed by atoms with Crippen LogP contribution in [0.5, 0.6) is 0 Å². The molecule has 0 bridgehead atoms. The monoisotopic (exact) mass is 232 g/mol. The molecule has 3 heterocycles. The molecule has 0 saturated carbocycles. The molecular weight excluding hydrogens is 216 g/mol. The van der Waals surface area contributed by atoms with Gasteiger partial charge < -0.3 is 4.57 Å². The Hall–Kier alpha value is -1.09. The van der Waals surface area contributed by atoms with Crippen LogP contribution in [0.15, 0.2) is 18.3 Å². The Bertz CT molecular complexity index is 510. The summed E-state index contributed by atoms with van der Waals surface area (Å²) in [6.07, 6.45) is 4.64. The van der Waals surface area contributed by atoms with Crippen molar-refractivity contribution in [2.24, 2.45) is 0 Å². The lowest BCUT2D eigenvalue weighted by molar-refractivity contribution is 0.478. The Kier molecular flexibility index (Phi) is 2.36. The highest BCUT2D eigenvalue weighted by Gasteiger charge is 2.20. The van der Waals surface area contributed by atoms with Gasteiger partial charge >= 0.3 is 0 Å². The number of fused-ring (bicyclic) bond motifs is 1. The smallest absolute Gasteiger partial charge is 0.150 e. The summed E-state index contributed by atoms with van der Waals surface area (Å²) in [6, 6.07) is 4.36. The molecule has 0 aliphatic carbocycles. The first kappa shape index (κ1) is 10.1. The second kappa shape index (κ2) is 3.74. The summed E-state index contributed by atoms with van der Waals surface area (Å²) >= 11 is 1.84. The highest BCUT2D eigenvalue weighted by atomic mass is 32.1. The first-order valence-electron chi connectivity index (χ1n) is 5.88. The highest BCUT2D eigenvalue weighted by molar-refractivity contribution is 7.15. The van der Waals surface area contributed by atoms with Crippen LogP contribution in [0.4, 0.5) is 0 Å². The van der Waals surface area contributed by atoms with Gasteiger partial charge in [0, 0.05) is 23.3 Å². The fourth-order valence-corrected chi connectivity index (χ4v) is 3.35. The van der Waals surface area contributed by atoms with E-state index in [1.807, 2.05) is 11.3 Å². The molecule has 0 fully saturated rings. The maximum Gasteiger partial charge on any atom is 0.150 e. The second-order valence-corrected chi connectivity index (χ2v) is 5.90. The van der Waals surface area contributed by atoms with E-state index in [0.717, 1.165) is 6.54 Å². The molecule has 0 N–H and O–H groups in total. The van der Waals surface area contributed by atoms with Gasteiger partial charge in [-0.05, 0) is 37.8 Å². The molecule has 0 amide bonds. The lowest BCUT2D eigenvalue weighted by Crippen LogP contribution is -2.13. The van der Waals surface area contributed by atoms with Crippen LogP contribution in [0.1, 0.15) is 36.3 Å².